The number of hydrogen-bond donors (Lipinski definition) is 0. The van der Waals surface area contributed by atoms with Crippen LogP contribution < -0.4 is 4.74 Å². The molecule has 5 heteroatoms. The Morgan fingerprint density at radius 1 is 1.15 bits per heavy atom. The summed E-state index contributed by atoms with van der Waals surface area (Å²) in [5.41, 5.74) is 2.14. The molecule has 0 spiro atoms. The molecule has 0 amide bonds. The lowest BCUT2D eigenvalue weighted by Crippen LogP contribution is -1.89. The van der Waals surface area contributed by atoms with E-state index in [1.165, 1.54) is 23.5 Å². The molecule has 3 aromatic rings. The summed E-state index contributed by atoms with van der Waals surface area (Å²) in [4.78, 5) is 8.77. The second-order valence-electron chi connectivity index (χ2n) is 4.10. The van der Waals surface area contributed by atoms with Crippen molar-refractivity contribution in [2.45, 2.75) is 0 Å². The summed E-state index contributed by atoms with van der Waals surface area (Å²) in [6.07, 6.45) is 1.72. The van der Waals surface area contributed by atoms with Gasteiger partial charge in [-0.3, -0.25) is 4.98 Å². The van der Waals surface area contributed by atoms with Gasteiger partial charge in [-0.05, 0) is 30.3 Å². The van der Waals surface area contributed by atoms with Crippen molar-refractivity contribution in [3.63, 3.8) is 0 Å². The van der Waals surface area contributed by atoms with Crippen molar-refractivity contribution in [2.24, 2.45) is 0 Å². The number of pyridine rings is 1. The molecule has 20 heavy (non-hydrogen) atoms. The summed E-state index contributed by atoms with van der Waals surface area (Å²) in [5.74, 6) is 0.289. The molecule has 0 bridgehead atoms. The maximum atomic E-state index is 13.4. The van der Waals surface area contributed by atoms with E-state index in [1.54, 1.807) is 19.4 Å². The average Bonchev–Trinajstić information content (AvgIpc) is 2.98. The lowest BCUT2D eigenvalue weighted by Gasteiger charge is -2.05. The van der Waals surface area contributed by atoms with E-state index >= 15 is 0 Å². The van der Waals surface area contributed by atoms with Crippen LogP contribution in [0, 0.1) is 5.82 Å². The Kier molecular flexibility index (Phi) is 3.43. The standard InChI is InChI=1S/C15H11FN2OS/c1-19-14-6-5-10(16)8-11(14)13-9-20-15(18-13)12-4-2-3-7-17-12/h2-9H,1H3. The summed E-state index contributed by atoms with van der Waals surface area (Å²) >= 11 is 1.47. The van der Waals surface area contributed by atoms with Gasteiger partial charge in [-0.2, -0.15) is 0 Å². The van der Waals surface area contributed by atoms with E-state index in [4.69, 9.17) is 4.74 Å². The Morgan fingerprint density at radius 2 is 2.05 bits per heavy atom. The minimum absolute atomic E-state index is 0.312. The normalized spacial score (nSPS) is 10.5. The van der Waals surface area contributed by atoms with E-state index in [1.807, 2.05) is 23.6 Å². The lowest BCUT2D eigenvalue weighted by atomic mass is 10.1. The molecule has 0 radical (unpaired) electrons. The van der Waals surface area contributed by atoms with Crippen molar-refractivity contribution in [2.75, 3.05) is 7.11 Å². The number of rotatable bonds is 3. The van der Waals surface area contributed by atoms with Gasteiger partial charge >= 0.3 is 0 Å². The van der Waals surface area contributed by atoms with E-state index in [-0.39, 0.29) is 5.82 Å². The fourth-order valence-corrected chi connectivity index (χ4v) is 2.68. The number of ether oxygens (including phenoxy) is 1. The molecule has 0 aliphatic rings. The molecule has 2 aromatic heterocycles. The SMILES string of the molecule is COc1ccc(F)cc1-c1csc(-c2ccccn2)n1. The molecule has 0 saturated heterocycles. The van der Waals surface area contributed by atoms with Gasteiger partial charge in [0, 0.05) is 17.1 Å². The highest BCUT2D eigenvalue weighted by Crippen LogP contribution is 2.33. The number of benzene rings is 1. The van der Waals surface area contributed by atoms with Crippen molar-refractivity contribution in [1.29, 1.82) is 0 Å². The number of aromatic nitrogens is 2. The molecule has 100 valence electrons. The Labute approximate surface area is 119 Å². The quantitative estimate of drug-likeness (QED) is 0.729. The number of methoxy groups -OCH3 is 1. The van der Waals surface area contributed by atoms with Crippen LogP contribution in [0.4, 0.5) is 4.39 Å². The summed E-state index contributed by atoms with van der Waals surface area (Å²) in [6.45, 7) is 0. The number of thiazole rings is 1. The fraction of sp³-hybridized carbons (Fsp3) is 0.0667. The molecule has 3 nitrogen and oxygen atoms in total. The Balaban J connectivity index is 2.04. The van der Waals surface area contributed by atoms with Crippen molar-refractivity contribution >= 4 is 11.3 Å². The molecule has 2 heterocycles. The minimum atomic E-state index is -0.312. The third-order valence-corrected chi connectivity index (χ3v) is 3.69. The largest absolute Gasteiger partial charge is 0.496 e. The van der Waals surface area contributed by atoms with E-state index in [0.29, 0.717) is 17.0 Å². The van der Waals surface area contributed by atoms with Crippen LogP contribution in [0.15, 0.2) is 48.0 Å². The fourth-order valence-electron chi connectivity index (χ4n) is 1.88. The summed E-state index contributed by atoms with van der Waals surface area (Å²) in [6, 6.07) is 10.1. The van der Waals surface area contributed by atoms with Gasteiger partial charge in [-0.1, -0.05) is 6.07 Å². The van der Waals surface area contributed by atoms with Crippen molar-refractivity contribution in [3.05, 3.63) is 53.8 Å². The maximum Gasteiger partial charge on any atom is 0.142 e. The van der Waals surface area contributed by atoms with E-state index in [9.17, 15) is 4.39 Å². The zero-order valence-corrected chi connectivity index (χ0v) is 11.5. The molecule has 0 fully saturated rings. The Morgan fingerprint density at radius 3 is 2.80 bits per heavy atom. The third kappa shape index (κ3) is 2.40. The van der Waals surface area contributed by atoms with Gasteiger partial charge in [-0.25, -0.2) is 9.37 Å². The smallest absolute Gasteiger partial charge is 0.142 e. The molecular formula is C15H11FN2OS. The predicted molar refractivity (Wildman–Crippen MR) is 77.3 cm³/mol. The average molecular weight is 286 g/mol. The highest BCUT2D eigenvalue weighted by molar-refractivity contribution is 7.13. The predicted octanol–water partition coefficient (Wildman–Crippen LogP) is 4.02. The Bertz CT molecular complexity index is 728. The molecule has 0 atom stereocenters. The minimum Gasteiger partial charge on any atom is -0.496 e. The first-order valence-corrected chi connectivity index (χ1v) is 6.87. The van der Waals surface area contributed by atoms with Crippen molar-refractivity contribution in [1.82, 2.24) is 9.97 Å². The first-order chi connectivity index (χ1) is 9.78. The second kappa shape index (κ2) is 5.38. The first kappa shape index (κ1) is 12.7. The third-order valence-electron chi connectivity index (χ3n) is 2.83. The molecule has 1 aromatic carbocycles. The van der Waals surface area contributed by atoms with Gasteiger partial charge in [0.25, 0.3) is 0 Å². The van der Waals surface area contributed by atoms with Gasteiger partial charge in [0.1, 0.15) is 16.6 Å². The topological polar surface area (TPSA) is 35.0 Å². The number of halogens is 1. The van der Waals surface area contributed by atoms with Crippen LogP contribution in [0.1, 0.15) is 0 Å². The van der Waals surface area contributed by atoms with Crippen LogP contribution >= 0.6 is 11.3 Å². The van der Waals surface area contributed by atoms with Crippen molar-refractivity contribution < 1.29 is 9.13 Å². The van der Waals surface area contributed by atoms with Gasteiger partial charge in [0.05, 0.1) is 18.5 Å². The molecule has 0 saturated carbocycles. The zero-order valence-electron chi connectivity index (χ0n) is 10.7. The van der Waals surface area contributed by atoms with Crippen LogP contribution in [0.3, 0.4) is 0 Å². The van der Waals surface area contributed by atoms with Gasteiger partial charge in [-0.15, -0.1) is 11.3 Å². The monoisotopic (exact) mass is 286 g/mol. The molecule has 3 rings (SSSR count). The number of hydrogen-bond acceptors (Lipinski definition) is 4. The number of nitrogens with zero attached hydrogens (tertiary/aromatic N) is 2. The maximum absolute atomic E-state index is 13.4. The van der Waals surface area contributed by atoms with Crippen LogP contribution in [-0.4, -0.2) is 17.1 Å². The molecule has 0 aliphatic heterocycles. The van der Waals surface area contributed by atoms with E-state index < -0.39 is 0 Å². The first-order valence-electron chi connectivity index (χ1n) is 5.99. The van der Waals surface area contributed by atoms with Crippen LogP contribution in [-0.2, 0) is 0 Å². The second-order valence-corrected chi connectivity index (χ2v) is 4.96. The highest BCUT2D eigenvalue weighted by atomic mass is 32.1. The van der Waals surface area contributed by atoms with E-state index in [0.717, 1.165) is 10.7 Å². The summed E-state index contributed by atoms with van der Waals surface area (Å²) in [7, 11) is 1.56. The van der Waals surface area contributed by atoms with Crippen LogP contribution in [0.25, 0.3) is 22.0 Å². The molecule has 0 aliphatic carbocycles. The van der Waals surface area contributed by atoms with Gasteiger partial charge in [0.2, 0.25) is 0 Å². The Hall–Kier alpha value is -2.27. The molecule has 0 N–H and O–H groups in total. The highest BCUT2D eigenvalue weighted by Gasteiger charge is 2.12. The summed E-state index contributed by atoms with van der Waals surface area (Å²) in [5, 5.41) is 2.67. The van der Waals surface area contributed by atoms with Crippen LogP contribution in [0.2, 0.25) is 0 Å². The molecular weight excluding hydrogens is 275 g/mol. The van der Waals surface area contributed by atoms with Crippen molar-refractivity contribution in [3.8, 4) is 27.7 Å². The lowest BCUT2D eigenvalue weighted by molar-refractivity contribution is 0.415. The van der Waals surface area contributed by atoms with Crippen LogP contribution in [0.5, 0.6) is 5.75 Å². The molecule has 0 unspecified atom stereocenters. The van der Waals surface area contributed by atoms with E-state index in [2.05, 4.69) is 9.97 Å². The summed E-state index contributed by atoms with van der Waals surface area (Å²) < 4.78 is 18.7. The van der Waals surface area contributed by atoms with Gasteiger partial charge < -0.3 is 4.74 Å². The zero-order chi connectivity index (χ0) is 13.9. The van der Waals surface area contributed by atoms with Gasteiger partial charge in [0.15, 0.2) is 0 Å².